The van der Waals surface area contributed by atoms with E-state index in [9.17, 15) is 33.6 Å². The molecule has 0 N–H and O–H groups in total. The maximum atomic E-state index is 13.2. The molecule has 0 saturated carbocycles. The highest BCUT2D eigenvalue weighted by Gasteiger charge is 2.25. The summed E-state index contributed by atoms with van der Waals surface area (Å²) in [4.78, 5) is 90.9. The summed E-state index contributed by atoms with van der Waals surface area (Å²) >= 11 is 1.07. The first-order chi connectivity index (χ1) is 31.7. The van der Waals surface area contributed by atoms with Crippen LogP contribution >= 0.6 is 11.8 Å². The quantitative estimate of drug-likeness (QED) is 0.0320. The first kappa shape index (κ1) is 64.9. The second-order valence-corrected chi connectivity index (χ2v) is 18.7. The Bertz CT molecular complexity index is 1230. The van der Waals surface area contributed by atoms with Gasteiger partial charge in [-0.3, -0.25) is 33.6 Å². The van der Waals surface area contributed by atoms with Crippen molar-refractivity contribution in [3.8, 4) is 0 Å². The van der Waals surface area contributed by atoms with E-state index in [4.69, 9.17) is 28.4 Å². The number of ether oxygens (including phenoxy) is 6. The summed E-state index contributed by atoms with van der Waals surface area (Å²) < 4.78 is 32.8. The highest BCUT2D eigenvalue weighted by atomic mass is 32.2. The molecule has 2 atom stereocenters. The molecule has 0 aromatic rings. The summed E-state index contributed by atoms with van der Waals surface area (Å²) in [6, 6.07) is 0. The molecule has 66 heavy (non-hydrogen) atoms. The molecule has 0 fully saturated rings. The number of rotatable bonds is 42. The summed E-state index contributed by atoms with van der Waals surface area (Å²) in [6.45, 7) is 12.2. The minimum atomic E-state index is -1.01. The zero-order chi connectivity index (χ0) is 49.6. The SMILES string of the molecule is CCCC.CCCCCCCC(=O)OCC(COC(=O)CCC)OC(=O)CCC(CCC(=O)OC(COC(=O)CCCCCCC)COC(=O)CCCCCCC)SC(=O)CCCN(C)C. The van der Waals surface area contributed by atoms with Crippen LogP contribution in [0.5, 0.6) is 0 Å². The first-order valence-corrected chi connectivity index (χ1v) is 26.5. The van der Waals surface area contributed by atoms with Gasteiger partial charge in [-0.05, 0) is 65.6 Å². The molecule has 0 radical (unpaired) electrons. The van der Waals surface area contributed by atoms with Gasteiger partial charge in [-0.2, -0.15) is 0 Å². The molecule has 0 bridgehead atoms. The van der Waals surface area contributed by atoms with Crippen LogP contribution in [0.3, 0.4) is 0 Å². The van der Waals surface area contributed by atoms with Gasteiger partial charge >= 0.3 is 35.8 Å². The highest BCUT2D eigenvalue weighted by molar-refractivity contribution is 8.14. The molecule has 2 unspecified atom stereocenters. The summed E-state index contributed by atoms with van der Waals surface area (Å²) in [5, 5.41) is -0.537. The molecule has 0 heterocycles. The van der Waals surface area contributed by atoms with Gasteiger partial charge in [0.2, 0.25) is 0 Å². The lowest BCUT2D eigenvalue weighted by molar-refractivity contribution is -0.167. The molecule has 0 aromatic carbocycles. The van der Waals surface area contributed by atoms with Crippen molar-refractivity contribution in [1.29, 1.82) is 0 Å². The van der Waals surface area contributed by atoms with E-state index in [0.29, 0.717) is 38.5 Å². The van der Waals surface area contributed by atoms with Gasteiger partial charge < -0.3 is 33.3 Å². The van der Waals surface area contributed by atoms with Crippen molar-refractivity contribution < 1.29 is 62.0 Å². The molecule has 0 spiro atoms. The molecule has 14 nitrogen and oxygen atoms in total. The molecule has 15 heteroatoms. The lowest BCUT2D eigenvalue weighted by Gasteiger charge is -2.20. The molecule has 0 amide bonds. The van der Waals surface area contributed by atoms with Gasteiger partial charge in [-0.25, -0.2) is 0 Å². The third kappa shape index (κ3) is 44.6. The zero-order valence-electron chi connectivity index (χ0n) is 42.7. The van der Waals surface area contributed by atoms with E-state index in [-0.39, 0.29) is 82.9 Å². The van der Waals surface area contributed by atoms with Crippen LogP contribution in [0.2, 0.25) is 0 Å². The molecule has 0 aliphatic rings. The zero-order valence-corrected chi connectivity index (χ0v) is 43.5. The van der Waals surface area contributed by atoms with Crippen LogP contribution < -0.4 is 0 Å². The Morgan fingerprint density at radius 3 is 1.05 bits per heavy atom. The Morgan fingerprint density at radius 2 is 0.727 bits per heavy atom. The van der Waals surface area contributed by atoms with E-state index in [0.717, 1.165) is 95.4 Å². The summed E-state index contributed by atoms with van der Waals surface area (Å²) in [5.41, 5.74) is 0. The van der Waals surface area contributed by atoms with Gasteiger partial charge in [0.25, 0.3) is 0 Å². The predicted molar refractivity (Wildman–Crippen MR) is 262 cm³/mol. The molecule has 0 aliphatic heterocycles. The van der Waals surface area contributed by atoms with Gasteiger partial charge in [0.1, 0.15) is 26.4 Å². The minimum Gasteiger partial charge on any atom is -0.462 e. The maximum Gasteiger partial charge on any atom is 0.306 e. The molecular weight excluding hydrogens is 867 g/mol. The Morgan fingerprint density at radius 1 is 0.379 bits per heavy atom. The van der Waals surface area contributed by atoms with Crippen LogP contribution in [-0.2, 0) is 62.0 Å². The van der Waals surface area contributed by atoms with Crippen LogP contribution in [0, 0.1) is 0 Å². The minimum absolute atomic E-state index is 0.0815. The van der Waals surface area contributed by atoms with Crippen LogP contribution in [0.4, 0.5) is 0 Å². The van der Waals surface area contributed by atoms with E-state index in [1.807, 2.05) is 25.9 Å². The summed E-state index contributed by atoms with van der Waals surface area (Å²) in [7, 11) is 3.84. The largest absolute Gasteiger partial charge is 0.462 e. The van der Waals surface area contributed by atoms with Crippen molar-refractivity contribution in [3.63, 3.8) is 0 Å². The average Bonchev–Trinajstić information content (AvgIpc) is 3.28. The lowest BCUT2D eigenvalue weighted by Crippen LogP contribution is -2.31. The van der Waals surface area contributed by atoms with Crippen molar-refractivity contribution in [2.45, 2.75) is 239 Å². The highest BCUT2D eigenvalue weighted by Crippen LogP contribution is 2.25. The number of esters is 6. The van der Waals surface area contributed by atoms with Gasteiger partial charge in [-0.1, -0.05) is 143 Å². The molecule has 0 rings (SSSR count). The Kier molecular flexibility index (Phi) is 46.1. The van der Waals surface area contributed by atoms with Crippen LogP contribution in [-0.4, -0.2) is 110 Å². The van der Waals surface area contributed by atoms with Crippen LogP contribution in [0.1, 0.15) is 221 Å². The molecule has 0 aliphatic carbocycles. The Hall–Kier alpha value is -3.20. The topological polar surface area (TPSA) is 178 Å². The number of unbranched alkanes of at least 4 members (excludes halogenated alkanes) is 13. The standard InChI is InChI=1S/C47H83NO13S.C4H10/c1-7-11-14-17-20-25-42(50)57-35-38(34-56-41(49)24-10-4)60-45(53)31-29-40(62-47(55)28-23-33-48(5)6)30-32-46(54)61-39(36-58-43(51)26-21-18-15-12-8-2)37-59-44(52)27-22-19-16-13-9-3;1-3-4-2/h38-40H,7-37H2,1-6H3;3-4H2,1-2H3. The lowest BCUT2D eigenvalue weighted by atomic mass is 10.1. The smallest absolute Gasteiger partial charge is 0.306 e. The third-order valence-corrected chi connectivity index (χ3v) is 11.6. The van der Waals surface area contributed by atoms with Crippen LogP contribution in [0.25, 0.3) is 0 Å². The van der Waals surface area contributed by atoms with Gasteiger partial charge in [0.05, 0.1) is 0 Å². The second-order valence-electron chi connectivity index (χ2n) is 17.3. The van der Waals surface area contributed by atoms with E-state index < -0.39 is 53.3 Å². The summed E-state index contributed by atoms with van der Waals surface area (Å²) in [6.07, 6.45) is 17.7. The number of carbonyl (C=O) groups is 7. The van der Waals surface area contributed by atoms with Crippen molar-refractivity contribution >= 4 is 52.7 Å². The first-order valence-electron chi connectivity index (χ1n) is 25.6. The fourth-order valence-corrected chi connectivity index (χ4v) is 7.29. The number of hydrogen-bond donors (Lipinski definition) is 0. The number of hydrogen-bond acceptors (Lipinski definition) is 15. The average molecular weight is 960 g/mol. The van der Waals surface area contributed by atoms with E-state index in [1.54, 1.807) is 0 Å². The van der Waals surface area contributed by atoms with Crippen molar-refractivity contribution in [1.82, 2.24) is 4.90 Å². The molecule has 0 aromatic heterocycles. The third-order valence-electron chi connectivity index (χ3n) is 10.3. The molecular formula is C51H93NO13S. The van der Waals surface area contributed by atoms with E-state index in [1.165, 1.54) is 12.8 Å². The van der Waals surface area contributed by atoms with Gasteiger partial charge in [0.15, 0.2) is 17.3 Å². The van der Waals surface area contributed by atoms with Crippen molar-refractivity contribution in [3.05, 3.63) is 0 Å². The summed E-state index contributed by atoms with van der Waals surface area (Å²) in [5.74, 6) is -2.98. The maximum absolute atomic E-state index is 13.2. The van der Waals surface area contributed by atoms with Gasteiger partial charge in [0, 0.05) is 50.2 Å². The van der Waals surface area contributed by atoms with E-state index >= 15 is 0 Å². The van der Waals surface area contributed by atoms with Gasteiger partial charge in [-0.15, -0.1) is 0 Å². The second kappa shape index (κ2) is 46.9. The van der Waals surface area contributed by atoms with E-state index in [2.05, 4.69) is 34.6 Å². The monoisotopic (exact) mass is 960 g/mol. The Labute approximate surface area is 404 Å². The fraction of sp³-hybridized carbons (Fsp3) is 0.863. The number of carbonyl (C=O) groups excluding carboxylic acids is 7. The number of thioether (sulfide) groups is 1. The molecule has 386 valence electrons. The Balaban J connectivity index is 0. The van der Waals surface area contributed by atoms with Crippen LogP contribution in [0.15, 0.2) is 0 Å². The molecule has 0 saturated heterocycles. The predicted octanol–water partition coefficient (Wildman–Crippen LogP) is 11.2. The number of nitrogens with zero attached hydrogens (tertiary/aromatic N) is 1. The fourth-order valence-electron chi connectivity index (χ4n) is 6.18. The normalized spacial score (nSPS) is 11.8. The van der Waals surface area contributed by atoms with Crippen molar-refractivity contribution in [2.75, 3.05) is 47.1 Å². The van der Waals surface area contributed by atoms with Crippen molar-refractivity contribution in [2.24, 2.45) is 0 Å².